The highest BCUT2D eigenvalue weighted by molar-refractivity contribution is 7.15. The van der Waals surface area contributed by atoms with E-state index in [1.54, 1.807) is 0 Å². The summed E-state index contributed by atoms with van der Waals surface area (Å²) < 4.78 is 0. The summed E-state index contributed by atoms with van der Waals surface area (Å²) in [5.41, 5.74) is 0.817. The van der Waals surface area contributed by atoms with E-state index in [4.69, 9.17) is 11.6 Å². The van der Waals surface area contributed by atoms with Crippen molar-refractivity contribution in [3.63, 3.8) is 0 Å². The maximum Gasteiger partial charge on any atom is 0.206 e. The molecule has 5 heteroatoms. The van der Waals surface area contributed by atoms with E-state index in [9.17, 15) is 0 Å². The monoisotopic (exact) mass is 267 g/mol. The number of aryl methyl sites for hydroxylation is 1. The molecule has 1 N–H and O–H groups in total. The van der Waals surface area contributed by atoms with Crippen molar-refractivity contribution in [3.8, 4) is 0 Å². The van der Waals surface area contributed by atoms with Crippen molar-refractivity contribution in [1.29, 1.82) is 0 Å². The minimum absolute atomic E-state index is 0.325. The Morgan fingerprint density at radius 1 is 1.29 bits per heavy atom. The van der Waals surface area contributed by atoms with Crippen LogP contribution in [0.4, 0.5) is 5.13 Å². The number of halogens is 1. The Morgan fingerprint density at radius 2 is 2.00 bits per heavy atom. The van der Waals surface area contributed by atoms with Gasteiger partial charge in [0.15, 0.2) is 0 Å². The van der Waals surface area contributed by atoms with Crippen molar-refractivity contribution >= 4 is 28.1 Å². The Labute approximate surface area is 110 Å². The average molecular weight is 268 g/mol. The molecule has 1 heterocycles. The number of hydrogen-bond acceptors (Lipinski definition) is 4. The molecular weight excluding hydrogens is 254 g/mol. The van der Waals surface area contributed by atoms with Crippen LogP contribution in [-0.2, 0) is 5.54 Å². The fourth-order valence-corrected chi connectivity index (χ4v) is 2.51. The van der Waals surface area contributed by atoms with Crippen LogP contribution in [0.3, 0.4) is 0 Å². The lowest BCUT2D eigenvalue weighted by Crippen LogP contribution is -2.33. The van der Waals surface area contributed by atoms with Gasteiger partial charge in [-0.3, -0.25) is 0 Å². The third-order valence-electron chi connectivity index (χ3n) is 2.59. The van der Waals surface area contributed by atoms with Gasteiger partial charge in [0.1, 0.15) is 5.01 Å². The van der Waals surface area contributed by atoms with E-state index >= 15 is 0 Å². The summed E-state index contributed by atoms with van der Waals surface area (Å²) in [6.07, 6.45) is 0. The van der Waals surface area contributed by atoms with Gasteiger partial charge in [0, 0.05) is 5.88 Å². The highest BCUT2D eigenvalue weighted by atomic mass is 35.5. The molecule has 0 fully saturated rings. The number of anilines is 1. The summed E-state index contributed by atoms with van der Waals surface area (Å²) in [6, 6.07) is 10.1. The molecule has 17 heavy (non-hydrogen) atoms. The van der Waals surface area contributed by atoms with Crippen LogP contribution in [-0.4, -0.2) is 16.1 Å². The van der Waals surface area contributed by atoms with Gasteiger partial charge in [0.25, 0.3) is 0 Å². The largest absolute Gasteiger partial charge is 0.350 e. The first kappa shape index (κ1) is 12.3. The van der Waals surface area contributed by atoms with Gasteiger partial charge in [-0.1, -0.05) is 41.7 Å². The number of alkyl halides is 1. The first-order valence-electron chi connectivity index (χ1n) is 5.34. The summed E-state index contributed by atoms with van der Waals surface area (Å²) in [6.45, 7) is 4.00. The quantitative estimate of drug-likeness (QED) is 0.863. The standard InChI is InChI=1S/C12H14ClN3S/c1-9-15-16-11(17-9)14-12(2,8-13)10-6-4-3-5-7-10/h3-7H,8H2,1-2H3,(H,14,16). The minimum Gasteiger partial charge on any atom is -0.350 e. The molecule has 2 rings (SSSR count). The van der Waals surface area contributed by atoms with E-state index in [2.05, 4.69) is 34.6 Å². The van der Waals surface area contributed by atoms with Gasteiger partial charge in [0.05, 0.1) is 5.54 Å². The second kappa shape index (κ2) is 5.02. The molecule has 2 aromatic rings. The molecular formula is C12H14ClN3S. The maximum atomic E-state index is 6.09. The fourth-order valence-electron chi connectivity index (χ4n) is 1.57. The van der Waals surface area contributed by atoms with Crippen molar-refractivity contribution < 1.29 is 0 Å². The molecule has 90 valence electrons. The molecule has 3 nitrogen and oxygen atoms in total. The number of benzene rings is 1. The van der Waals surface area contributed by atoms with E-state index in [1.165, 1.54) is 11.3 Å². The molecule has 0 aliphatic rings. The Bertz CT molecular complexity index is 486. The summed E-state index contributed by atoms with van der Waals surface area (Å²) in [5.74, 6) is 0.468. The Balaban J connectivity index is 2.26. The van der Waals surface area contributed by atoms with Crippen molar-refractivity contribution in [2.24, 2.45) is 0 Å². The Morgan fingerprint density at radius 3 is 2.53 bits per heavy atom. The third kappa shape index (κ3) is 2.76. The second-order valence-corrected chi connectivity index (χ2v) is 5.53. The molecule has 1 aromatic carbocycles. The zero-order chi connectivity index (χ0) is 12.3. The lowest BCUT2D eigenvalue weighted by Gasteiger charge is -2.28. The molecule has 0 spiro atoms. The molecule has 0 radical (unpaired) electrons. The van der Waals surface area contributed by atoms with Gasteiger partial charge >= 0.3 is 0 Å². The number of nitrogens with zero attached hydrogens (tertiary/aromatic N) is 2. The number of aromatic nitrogens is 2. The summed E-state index contributed by atoms with van der Waals surface area (Å²) >= 11 is 7.63. The molecule has 1 aromatic heterocycles. The van der Waals surface area contributed by atoms with Crippen LogP contribution < -0.4 is 5.32 Å². The van der Waals surface area contributed by atoms with Crippen LogP contribution in [0.25, 0.3) is 0 Å². The van der Waals surface area contributed by atoms with Crippen molar-refractivity contribution in [3.05, 3.63) is 40.9 Å². The average Bonchev–Trinajstić information content (AvgIpc) is 2.75. The molecule has 0 bridgehead atoms. The molecule has 0 aliphatic heterocycles. The second-order valence-electron chi connectivity index (χ2n) is 4.08. The highest BCUT2D eigenvalue weighted by Crippen LogP contribution is 2.28. The van der Waals surface area contributed by atoms with Crippen LogP contribution in [0.15, 0.2) is 30.3 Å². The summed E-state index contributed by atoms with van der Waals surface area (Å²) in [5, 5.41) is 13.2. The van der Waals surface area contributed by atoms with Gasteiger partial charge in [-0.05, 0) is 19.4 Å². The highest BCUT2D eigenvalue weighted by Gasteiger charge is 2.26. The van der Waals surface area contributed by atoms with Crippen molar-refractivity contribution in [2.75, 3.05) is 11.2 Å². The minimum atomic E-state index is -0.325. The van der Waals surface area contributed by atoms with Crippen molar-refractivity contribution in [2.45, 2.75) is 19.4 Å². The zero-order valence-corrected chi connectivity index (χ0v) is 11.3. The number of hydrogen-bond donors (Lipinski definition) is 1. The Hall–Kier alpha value is -1.13. The molecule has 1 unspecified atom stereocenters. The van der Waals surface area contributed by atoms with Gasteiger partial charge in [-0.25, -0.2) is 0 Å². The smallest absolute Gasteiger partial charge is 0.206 e. The molecule has 0 saturated carbocycles. The van der Waals surface area contributed by atoms with Crippen LogP contribution in [0.1, 0.15) is 17.5 Å². The van der Waals surface area contributed by atoms with Crippen LogP contribution in [0.2, 0.25) is 0 Å². The van der Waals surface area contributed by atoms with E-state index in [0.29, 0.717) is 5.88 Å². The first-order valence-corrected chi connectivity index (χ1v) is 6.69. The molecule has 0 amide bonds. The lowest BCUT2D eigenvalue weighted by atomic mass is 9.94. The fraction of sp³-hybridized carbons (Fsp3) is 0.333. The van der Waals surface area contributed by atoms with E-state index in [0.717, 1.165) is 15.7 Å². The van der Waals surface area contributed by atoms with Crippen molar-refractivity contribution in [1.82, 2.24) is 10.2 Å². The predicted molar refractivity (Wildman–Crippen MR) is 72.8 cm³/mol. The first-order chi connectivity index (χ1) is 8.14. The molecule has 0 saturated heterocycles. The van der Waals surface area contributed by atoms with Gasteiger partial charge in [-0.15, -0.1) is 21.8 Å². The van der Waals surface area contributed by atoms with Crippen LogP contribution >= 0.6 is 22.9 Å². The summed E-state index contributed by atoms with van der Waals surface area (Å²) in [4.78, 5) is 0. The Kier molecular flexibility index (Phi) is 3.64. The van der Waals surface area contributed by atoms with E-state index < -0.39 is 0 Å². The number of rotatable bonds is 4. The predicted octanol–water partition coefficient (Wildman–Crippen LogP) is 3.41. The van der Waals surface area contributed by atoms with Gasteiger partial charge in [0.2, 0.25) is 5.13 Å². The number of nitrogens with one attached hydrogen (secondary N) is 1. The summed E-state index contributed by atoms with van der Waals surface area (Å²) in [7, 11) is 0. The normalized spacial score (nSPS) is 14.3. The lowest BCUT2D eigenvalue weighted by molar-refractivity contribution is 0.615. The zero-order valence-electron chi connectivity index (χ0n) is 9.77. The van der Waals surface area contributed by atoms with E-state index in [1.807, 2.05) is 25.1 Å². The SMILES string of the molecule is Cc1nnc(NC(C)(CCl)c2ccccc2)s1. The topological polar surface area (TPSA) is 37.8 Å². The third-order valence-corrected chi connectivity index (χ3v) is 3.88. The maximum absolute atomic E-state index is 6.09. The molecule has 1 atom stereocenters. The van der Waals surface area contributed by atoms with Gasteiger partial charge < -0.3 is 5.32 Å². The van der Waals surface area contributed by atoms with E-state index in [-0.39, 0.29) is 5.54 Å². The van der Waals surface area contributed by atoms with Crippen LogP contribution in [0.5, 0.6) is 0 Å². The molecule has 0 aliphatic carbocycles. The van der Waals surface area contributed by atoms with Crippen LogP contribution in [0, 0.1) is 6.92 Å². The van der Waals surface area contributed by atoms with Gasteiger partial charge in [-0.2, -0.15) is 0 Å².